The molecular weight excluding hydrogens is 180 g/mol. The van der Waals surface area contributed by atoms with Gasteiger partial charge >= 0.3 is 0 Å². The molecule has 0 unspecified atom stereocenters. The maximum absolute atomic E-state index is 11.4. The number of carbonyl (C=O) groups is 1. The van der Waals surface area contributed by atoms with Gasteiger partial charge in [0.25, 0.3) is 0 Å². The maximum Gasteiger partial charge on any atom is 0.223 e. The number of ether oxygens (including phenoxy) is 1. The van der Waals surface area contributed by atoms with Crippen LogP contribution in [0.4, 0.5) is 0 Å². The quantitative estimate of drug-likeness (QED) is 0.518. The molecule has 0 spiro atoms. The van der Waals surface area contributed by atoms with Gasteiger partial charge in [0.1, 0.15) is 12.4 Å². The van der Waals surface area contributed by atoms with E-state index in [1.807, 2.05) is 19.9 Å². The van der Waals surface area contributed by atoms with Gasteiger partial charge in [-0.1, -0.05) is 13.8 Å². The Balaban J connectivity index is 2.44. The van der Waals surface area contributed by atoms with Crippen LogP contribution in [-0.2, 0) is 11.2 Å². The van der Waals surface area contributed by atoms with Crippen molar-refractivity contribution < 1.29 is 13.9 Å². The van der Waals surface area contributed by atoms with Gasteiger partial charge in [-0.3, -0.25) is 4.79 Å². The first-order chi connectivity index (χ1) is 6.77. The predicted octanol–water partition coefficient (Wildman–Crippen LogP) is 2.45. The van der Waals surface area contributed by atoms with Gasteiger partial charge in [0.05, 0.1) is 0 Å². The van der Waals surface area contributed by atoms with Crippen molar-refractivity contribution in [2.75, 3.05) is 13.2 Å². The van der Waals surface area contributed by atoms with Crippen molar-refractivity contribution >= 4 is 5.78 Å². The summed E-state index contributed by atoms with van der Waals surface area (Å²) in [6.45, 7) is 4.73. The van der Waals surface area contributed by atoms with E-state index in [1.54, 1.807) is 6.07 Å². The highest BCUT2D eigenvalue weighted by atomic mass is 16.5. The summed E-state index contributed by atoms with van der Waals surface area (Å²) in [6.07, 6.45) is 1.73. The van der Waals surface area contributed by atoms with Crippen molar-refractivity contribution in [2.45, 2.75) is 26.7 Å². The fourth-order valence-corrected chi connectivity index (χ4v) is 1.10. The molecule has 0 aromatic carbocycles. The third kappa shape index (κ3) is 3.00. The second-order valence-corrected chi connectivity index (χ2v) is 3.10. The van der Waals surface area contributed by atoms with Gasteiger partial charge in [0.2, 0.25) is 5.78 Å². The van der Waals surface area contributed by atoms with Crippen LogP contribution in [0.1, 0.15) is 36.6 Å². The van der Waals surface area contributed by atoms with Gasteiger partial charge in [-0.25, -0.2) is 0 Å². The summed E-state index contributed by atoms with van der Waals surface area (Å²) in [4.78, 5) is 11.4. The first-order valence-corrected chi connectivity index (χ1v) is 4.97. The van der Waals surface area contributed by atoms with Crippen LogP contribution < -0.4 is 0 Å². The molecule has 0 fully saturated rings. The average Bonchev–Trinajstić information content (AvgIpc) is 2.66. The van der Waals surface area contributed by atoms with Crippen molar-refractivity contribution in [3.63, 3.8) is 0 Å². The Labute approximate surface area is 84.1 Å². The van der Waals surface area contributed by atoms with Crippen LogP contribution in [0.5, 0.6) is 0 Å². The molecule has 0 atom stereocenters. The summed E-state index contributed by atoms with van der Waals surface area (Å²) >= 11 is 0. The molecule has 0 amide bonds. The Morgan fingerprint density at radius 1 is 1.43 bits per heavy atom. The fourth-order valence-electron chi connectivity index (χ4n) is 1.10. The summed E-state index contributed by atoms with van der Waals surface area (Å²) in [5, 5.41) is 0. The minimum absolute atomic E-state index is 0.0850. The Kier molecular flexibility index (Phi) is 4.40. The van der Waals surface area contributed by atoms with E-state index in [2.05, 4.69) is 0 Å². The summed E-state index contributed by atoms with van der Waals surface area (Å²) in [7, 11) is 0. The summed E-state index contributed by atoms with van der Waals surface area (Å²) < 4.78 is 10.4. The number of hydrogen-bond donors (Lipinski definition) is 0. The van der Waals surface area contributed by atoms with E-state index >= 15 is 0 Å². The largest absolute Gasteiger partial charge is 0.458 e. The SMILES string of the molecule is CCCOCC(=O)c1ccc(CC)o1. The van der Waals surface area contributed by atoms with Crippen molar-refractivity contribution in [1.82, 2.24) is 0 Å². The second-order valence-electron chi connectivity index (χ2n) is 3.10. The van der Waals surface area contributed by atoms with E-state index in [-0.39, 0.29) is 12.4 Å². The molecule has 14 heavy (non-hydrogen) atoms. The Bertz CT molecular complexity index is 288. The van der Waals surface area contributed by atoms with Gasteiger partial charge in [0.15, 0.2) is 5.76 Å². The van der Waals surface area contributed by atoms with E-state index in [0.717, 1.165) is 18.6 Å². The molecule has 0 bridgehead atoms. The second kappa shape index (κ2) is 5.60. The smallest absolute Gasteiger partial charge is 0.223 e. The summed E-state index contributed by atoms with van der Waals surface area (Å²) in [5.41, 5.74) is 0. The van der Waals surface area contributed by atoms with Crippen LogP contribution in [0.3, 0.4) is 0 Å². The molecule has 1 heterocycles. The monoisotopic (exact) mass is 196 g/mol. The molecule has 0 aliphatic rings. The molecule has 3 nitrogen and oxygen atoms in total. The third-order valence-corrected chi connectivity index (χ3v) is 1.87. The minimum atomic E-state index is -0.0850. The lowest BCUT2D eigenvalue weighted by atomic mass is 10.3. The molecule has 0 saturated carbocycles. The first-order valence-electron chi connectivity index (χ1n) is 4.97. The predicted molar refractivity (Wildman–Crippen MR) is 53.5 cm³/mol. The highest BCUT2D eigenvalue weighted by molar-refractivity contribution is 5.94. The van der Waals surface area contributed by atoms with Crippen LogP contribution >= 0.6 is 0 Å². The molecule has 0 aliphatic heterocycles. The molecule has 0 aliphatic carbocycles. The Morgan fingerprint density at radius 3 is 2.79 bits per heavy atom. The van der Waals surface area contributed by atoms with E-state index in [1.165, 1.54) is 0 Å². The third-order valence-electron chi connectivity index (χ3n) is 1.87. The van der Waals surface area contributed by atoms with Gasteiger partial charge in [-0.15, -0.1) is 0 Å². The molecule has 3 heteroatoms. The standard InChI is InChI=1S/C11H16O3/c1-3-7-13-8-10(12)11-6-5-9(4-2)14-11/h5-6H,3-4,7-8H2,1-2H3. The molecule has 0 saturated heterocycles. The van der Waals surface area contributed by atoms with E-state index in [4.69, 9.17) is 9.15 Å². The van der Waals surface area contributed by atoms with Crippen molar-refractivity contribution in [2.24, 2.45) is 0 Å². The Morgan fingerprint density at radius 2 is 2.21 bits per heavy atom. The van der Waals surface area contributed by atoms with Gasteiger partial charge < -0.3 is 9.15 Å². The highest BCUT2D eigenvalue weighted by Gasteiger charge is 2.10. The topological polar surface area (TPSA) is 39.4 Å². The molecular formula is C11H16O3. The van der Waals surface area contributed by atoms with E-state index < -0.39 is 0 Å². The summed E-state index contributed by atoms with van der Waals surface area (Å²) in [6, 6.07) is 3.53. The van der Waals surface area contributed by atoms with Gasteiger partial charge in [0, 0.05) is 13.0 Å². The highest BCUT2D eigenvalue weighted by Crippen LogP contribution is 2.09. The molecule has 0 radical (unpaired) electrons. The zero-order valence-corrected chi connectivity index (χ0v) is 8.71. The number of furan rings is 1. The van der Waals surface area contributed by atoms with Crippen molar-refractivity contribution in [3.05, 3.63) is 23.7 Å². The molecule has 78 valence electrons. The van der Waals surface area contributed by atoms with Gasteiger partial charge in [-0.05, 0) is 18.6 Å². The molecule has 0 N–H and O–H groups in total. The minimum Gasteiger partial charge on any atom is -0.458 e. The number of ketones is 1. The Hall–Kier alpha value is -1.09. The van der Waals surface area contributed by atoms with Gasteiger partial charge in [-0.2, -0.15) is 0 Å². The molecule has 1 aromatic rings. The number of Topliss-reactive ketones (excluding diaryl/α,β-unsaturated/α-hetero) is 1. The van der Waals surface area contributed by atoms with Crippen molar-refractivity contribution in [1.29, 1.82) is 0 Å². The zero-order chi connectivity index (χ0) is 10.4. The van der Waals surface area contributed by atoms with Crippen LogP contribution in [-0.4, -0.2) is 19.0 Å². The van der Waals surface area contributed by atoms with Crippen LogP contribution in [0.2, 0.25) is 0 Å². The number of rotatable bonds is 6. The maximum atomic E-state index is 11.4. The number of carbonyl (C=O) groups excluding carboxylic acids is 1. The number of hydrogen-bond acceptors (Lipinski definition) is 3. The molecule has 1 aromatic heterocycles. The van der Waals surface area contributed by atoms with Crippen LogP contribution in [0.15, 0.2) is 16.5 Å². The normalized spacial score (nSPS) is 10.4. The first kappa shape index (κ1) is 11.0. The average molecular weight is 196 g/mol. The lowest BCUT2D eigenvalue weighted by Gasteiger charge is -1.98. The number of aryl methyl sites for hydroxylation is 1. The lowest BCUT2D eigenvalue weighted by molar-refractivity contribution is 0.0733. The summed E-state index contributed by atoms with van der Waals surface area (Å²) in [5.74, 6) is 1.15. The molecule has 1 rings (SSSR count). The van der Waals surface area contributed by atoms with Crippen LogP contribution in [0, 0.1) is 0 Å². The zero-order valence-electron chi connectivity index (χ0n) is 8.71. The fraction of sp³-hybridized carbons (Fsp3) is 0.545. The van der Waals surface area contributed by atoms with E-state index in [9.17, 15) is 4.79 Å². The lowest BCUT2D eigenvalue weighted by Crippen LogP contribution is -2.08. The van der Waals surface area contributed by atoms with Crippen molar-refractivity contribution in [3.8, 4) is 0 Å². The van der Waals surface area contributed by atoms with E-state index in [0.29, 0.717) is 12.4 Å². The van der Waals surface area contributed by atoms with Crippen LogP contribution in [0.25, 0.3) is 0 Å².